The van der Waals surface area contributed by atoms with Gasteiger partial charge < -0.3 is 14.2 Å². The fourth-order valence-corrected chi connectivity index (χ4v) is 2.87. The number of halogens is 1. The Labute approximate surface area is 172 Å². The van der Waals surface area contributed by atoms with E-state index < -0.39 is 5.91 Å². The lowest BCUT2D eigenvalue weighted by Gasteiger charge is -2.09. The second-order valence-corrected chi connectivity index (χ2v) is 6.25. The standard InChI is InChI=1S/C20H19ClN4O4/c1-27-16-7-5-14(21)9-15(16)20(26)25-23-11-13-10-22-24-19(13)12-4-6-17(28-2)18(8-12)29-3/h4-11H,1-3H3,(H,22,24)(H,25,26)/b23-11+. The van der Waals surface area contributed by atoms with Crippen LogP contribution in [0.3, 0.4) is 0 Å². The van der Waals surface area contributed by atoms with Crippen molar-refractivity contribution in [3.63, 3.8) is 0 Å². The number of hydrogen-bond donors (Lipinski definition) is 2. The number of carbonyl (C=O) groups excluding carboxylic acids is 1. The molecule has 0 aliphatic rings. The molecule has 0 saturated heterocycles. The van der Waals surface area contributed by atoms with Gasteiger partial charge in [0.25, 0.3) is 5.91 Å². The van der Waals surface area contributed by atoms with Gasteiger partial charge in [-0.3, -0.25) is 9.89 Å². The fraction of sp³-hybridized carbons (Fsp3) is 0.150. The highest BCUT2D eigenvalue weighted by Crippen LogP contribution is 2.32. The lowest BCUT2D eigenvalue weighted by Crippen LogP contribution is -2.18. The minimum Gasteiger partial charge on any atom is -0.496 e. The van der Waals surface area contributed by atoms with Crippen LogP contribution in [0.5, 0.6) is 17.2 Å². The first kappa shape index (κ1) is 20.2. The van der Waals surface area contributed by atoms with Crippen molar-refractivity contribution >= 4 is 23.7 Å². The van der Waals surface area contributed by atoms with Crippen LogP contribution in [0, 0.1) is 0 Å². The molecule has 0 fully saturated rings. The van der Waals surface area contributed by atoms with Crippen LogP contribution in [0.4, 0.5) is 0 Å². The molecule has 0 radical (unpaired) electrons. The Morgan fingerprint density at radius 1 is 1.07 bits per heavy atom. The molecular formula is C20H19ClN4O4. The predicted molar refractivity (Wildman–Crippen MR) is 110 cm³/mol. The van der Waals surface area contributed by atoms with Crippen molar-refractivity contribution in [2.45, 2.75) is 0 Å². The molecule has 0 aliphatic heterocycles. The van der Waals surface area contributed by atoms with Crippen LogP contribution < -0.4 is 19.6 Å². The Hall–Kier alpha value is -3.52. The minimum atomic E-state index is -0.447. The zero-order chi connectivity index (χ0) is 20.8. The van der Waals surface area contributed by atoms with Crippen LogP contribution >= 0.6 is 11.6 Å². The Kier molecular flexibility index (Phi) is 6.36. The summed E-state index contributed by atoms with van der Waals surface area (Å²) in [6.45, 7) is 0. The topological polar surface area (TPSA) is 97.8 Å². The quantitative estimate of drug-likeness (QED) is 0.455. The summed E-state index contributed by atoms with van der Waals surface area (Å²) in [6.07, 6.45) is 3.09. The van der Waals surface area contributed by atoms with E-state index in [1.807, 2.05) is 12.1 Å². The van der Waals surface area contributed by atoms with Crippen LogP contribution in [0.25, 0.3) is 11.3 Å². The van der Waals surface area contributed by atoms with E-state index in [2.05, 4.69) is 20.7 Å². The Bertz CT molecular complexity index is 1050. The fourth-order valence-electron chi connectivity index (χ4n) is 2.69. The molecule has 0 aliphatic carbocycles. The molecule has 1 heterocycles. The number of benzene rings is 2. The zero-order valence-electron chi connectivity index (χ0n) is 16.0. The Morgan fingerprint density at radius 2 is 1.79 bits per heavy atom. The van der Waals surface area contributed by atoms with Gasteiger partial charge in [0.2, 0.25) is 0 Å². The molecule has 9 heteroatoms. The van der Waals surface area contributed by atoms with Gasteiger partial charge in [0.05, 0.1) is 45.0 Å². The number of nitrogens with one attached hydrogen (secondary N) is 2. The second kappa shape index (κ2) is 9.11. The van der Waals surface area contributed by atoms with Crippen molar-refractivity contribution < 1.29 is 19.0 Å². The lowest BCUT2D eigenvalue weighted by atomic mass is 10.1. The Balaban J connectivity index is 1.79. The molecule has 0 atom stereocenters. The molecular weight excluding hydrogens is 396 g/mol. The van der Waals surface area contributed by atoms with Gasteiger partial charge in [-0.1, -0.05) is 11.6 Å². The van der Waals surface area contributed by atoms with Crippen molar-refractivity contribution in [2.24, 2.45) is 5.10 Å². The van der Waals surface area contributed by atoms with Crippen LogP contribution in [0.15, 0.2) is 47.7 Å². The average Bonchev–Trinajstić information content (AvgIpc) is 3.21. The molecule has 2 aromatic carbocycles. The molecule has 150 valence electrons. The first-order valence-electron chi connectivity index (χ1n) is 8.50. The molecule has 0 bridgehead atoms. The number of amides is 1. The smallest absolute Gasteiger partial charge is 0.275 e. The van der Waals surface area contributed by atoms with E-state index in [1.165, 1.54) is 19.4 Å². The van der Waals surface area contributed by atoms with Gasteiger partial charge in [-0.05, 0) is 36.4 Å². The van der Waals surface area contributed by atoms with E-state index in [0.717, 1.165) is 5.56 Å². The summed E-state index contributed by atoms with van der Waals surface area (Å²) in [4.78, 5) is 12.4. The molecule has 2 N–H and O–H groups in total. The number of aromatic amines is 1. The van der Waals surface area contributed by atoms with Crippen molar-refractivity contribution in [3.05, 3.63) is 58.7 Å². The normalized spacial score (nSPS) is 10.8. The number of carbonyl (C=O) groups is 1. The van der Waals surface area contributed by atoms with Gasteiger partial charge in [-0.2, -0.15) is 10.2 Å². The first-order valence-corrected chi connectivity index (χ1v) is 8.88. The van der Waals surface area contributed by atoms with Gasteiger partial charge in [0, 0.05) is 16.1 Å². The number of methoxy groups -OCH3 is 3. The largest absolute Gasteiger partial charge is 0.496 e. The molecule has 29 heavy (non-hydrogen) atoms. The Morgan fingerprint density at radius 3 is 2.52 bits per heavy atom. The van der Waals surface area contributed by atoms with Crippen molar-refractivity contribution in [2.75, 3.05) is 21.3 Å². The number of hydrazone groups is 1. The number of ether oxygens (including phenoxy) is 3. The van der Waals surface area contributed by atoms with Crippen molar-refractivity contribution in [3.8, 4) is 28.5 Å². The molecule has 8 nitrogen and oxygen atoms in total. The summed E-state index contributed by atoms with van der Waals surface area (Å²) in [7, 11) is 4.62. The van der Waals surface area contributed by atoms with E-state index >= 15 is 0 Å². The molecule has 1 aromatic heterocycles. The average molecular weight is 415 g/mol. The summed E-state index contributed by atoms with van der Waals surface area (Å²) < 4.78 is 15.8. The van der Waals surface area contributed by atoms with Crippen LogP contribution in [0.2, 0.25) is 5.02 Å². The summed E-state index contributed by atoms with van der Waals surface area (Å²) in [6, 6.07) is 10.2. The van der Waals surface area contributed by atoms with Gasteiger partial charge in [0.1, 0.15) is 5.75 Å². The van der Waals surface area contributed by atoms with E-state index in [-0.39, 0.29) is 5.56 Å². The second-order valence-electron chi connectivity index (χ2n) is 5.81. The van der Waals surface area contributed by atoms with Gasteiger partial charge in [-0.15, -0.1) is 0 Å². The highest BCUT2D eigenvalue weighted by Gasteiger charge is 2.13. The van der Waals surface area contributed by atoms with Gasteiger partial charge in [0.15, 0.2) is 11.5 Å². The van der Waals surface area contributed by atoms with E-state index in [0.29, 0.717) is 33.5 Å². The maximum Gasteiger partial charge on any atom is 0.275 e. The third kappa shape index (κ3) is 4.49. The monoisotopic (exact) mass is 414 g/mol. The maximum absolute atomic E-state index is 12.4. The number of rotatable bonds is 7. The molecule has 0 spiro atoms. The van der Waals surface area contributed by atoms with E-state index in [4.69, 9.17) is 25.8 Å². The minimum absolute atomic E-state index is 0.282. The molecule has 3 aromatic rings. The van der Waals surface area contributed by atoms with E-state index in [9.17, 15) is 4.79 Å². The van der Waals surface area contributed by atoms with Gasteiger partial charge >= 0.3 is 0 Å². The molecule has 0 saturated carbocycles. The first-order chi connectivity index (χ1) is 14.1. The molecule has 3 rings (SSSR count). The third-order valence-electron chi connectivity index (χ3n) is 4.12. The molecule has 0 unspecified atom stereocenters. The van der Waals surface area contributed by atoms with E-state index in [1.54, 1.807) is 38.6 Å². The molecule has 1 amide bonds. The number of hydrogen-bond acceptors (Lipinski definition) is 6. The highest BCUT2D eigenvalue weighted by atomic mass is 35.5. The SMILES string of the molecule is COc1ccc(-c2[nH]ncc2/C=N/NC(=O)c2cc(Cl)ccc2OC)cc1OC. The van der Waals surface area contributed by atoms with Gasteiger partial charge in [-0.25, -0.2) is 5.43 Å². The van der Waals surface area contributed by atoms with Crippen LogP contribution in [-0.2, 0) is 0 Å². The number of aromatic nitrogens is 2. The maximum atomic E-state index is 12.4. The van der Waals surface area contributed by atoms with Crippen LogP contribution in [0.1, 0.15) is 15.9 Å². The summed E-state index contributed by atoms with van der Waals surface area (Å²) in [5, 5.41) is 11.4. The third-order valence-corrected chi connectivity index (χ3v) is 4.35. The lowest BCUT2D eigenvalue weighted by molar-refractivity contribution is 0.0952. The summed E-state index contributed by atoms with van der Waals surface area (Å²) in [5.74, 6) is 1.16. The zero-order valence-corrected chi connectivity index (χ0v) is 16.8. The highest BCUT2D eigenvalue weighted by molar-refractivity contribution is 6.31. The summed E-state index contributed by atoms with van der Waals surface area (Å²) >= 11 is 5.96. The van der Waals surface area contributed by atoms with Crippen molar-refractivity contribution in [1.29, 1.82) is 0 Å². The number of nitrogens with zero attached hydrogens (tertiary/aromatic N) is 2. The number of H-pyrrole nitrogens is 1. The predicted octanol–water partition coefficient (Wildman–Crippen LogP) is 3.52. The summed E-state index contributed by atoms with van der Waals surface area (Å²) in [5.41, 5.74) is 4.96. The van der Waals surface area contributed by atoms with Crippen LogP contribution in [-0.4, -0.2) is 43.6 Å². The van der Waals surface area contributed by atoms with Crippen molar-refractivity contribution in [1.82, 2.24) is 15.6 Å².